The van der Waals surface area contributed by atoms with Crippen molar-refractivity contribution >= 4 is 50.3 Å². The topological polar surface area (TPSA) is 186 Å². The highest BCUT2D eigenvalue weighted by Crippen LogP contribution is 2.48. The molecule has 4 amide bonds. The van der Waals surface area contributed by atoms with Gasteiger partial charge in [0.05, 0.1) is 18.8 Å². The van der Waals surface area contributed by atoms with Gasteiger partial charge in [0.2, 0.25) is 33.3 Å². The molecule has 0 bridgehead atoms. The fourth-order valence-corrected chi connectivity index (χ4v) is 10.1. The van der Waals surface area contributed by atoms with Crippen LogP contribution in [-0.4, -0.2) is 116 Å². The quantitative estimate of drug-likeness (QED) is 0.226. The summed E-state index contributed by atoms with van der Waals surface area (Å²) in [5.41, 5.74) is -3.82. The van der Waals surface area contributed by atoms with Gasteiger partial charge in [-0.2, -0.15) is 13.2 Å². The van der Waals surface area contributed by atoms with E-state index in [1.807, 2.05) is 41.8 Å². The average Bonchev–Trinajstić information content (AvgIpc) is 4.11. The fourth-order valence-electron chi connectivity index (χ4n) is 8.71. The molecule has 7 rings (SSSR count). The second-order valence-electron chi connectivity index (χ2n) is 17.9. The molecule has 3 fully saturated rings. The first-order valence-corrected chi connectivity index (χ1v) is 22.5. The number of fused-ring (bicyclic) bond motifs is 5. The molecule has 1 saturated heterocycles. The smallest absolute Gasteiger partial charge is 0.427 e. The Bertz CT molecular complexity index is 2240. The number of alkyl carbamates (subject to hydrolysis) is 1. The number of allylic oxidation sites excluding steroid dienone is 1. The largest absolute Gasteiger partial charge is 0.489 e. The third kappa shape index (κ3) is 8.59. The van der Waals surface area contributed by atoms with Crippen molar-refractivity contribution in [2.75, 3.05) is 38.3 Å². The van der Waals surface area contributed by atoms with Crippen molar-refractivity contribution in [3.63, 3.8) is 0 Å². The zero-order chi connectivity index (χ0) is 45.0. The molecule has 62 heavy (non-hydrogen) atoms. The lowest BCUT2D eigenvalue weighted by Crippen LogP contribution is -2.60. The number of halogens is 4. The maximum Gasteiger partial charge on any atom is 0.427 e. The monoisotopic (exact) mass is 894 g/mol. The molecule has 20 heteroatoms. The predicted molar refractivity (Wildman–Crippen MR) is 218 cm³/mol. The zero-order valence-corrected chi connectivity index (χ0v) is 36.2. The number of pyridine rings is 1. The van der Waals surface area contributed by atoms with Gasteiger partial charge in [-0.05, 0) is 82.4 Å². The minimum atomic E-state index is -4.94. The van der Waals surface area contributed by atoms with Crippen LogP contribution in [0, 0.1) is 17.8 Å². The van der Waals surface area contributed by atoms with Crippen molar-refractivity contribution in [2.45, 2.75) is 119 Å². The Hall–Kier alpha value is -4.88. The van der Waals surface area contributed by atoms with E-state index in [9.17, 15) is 45.2 Å². The summed E-state index contributed by atoms with van der Waals surface area (Å²) in [5.74, 6) is -3.22. The minimum absolute atomic E-state index is 0.0137. The van der Waals surface area contributed by atoms with Crippen LogP contribution >= 0.6 is 0 Å². The van der Waals surface area contributed by atoms with Crippen molar-refractivity contribution in [3.05, 3.63) is 36.5 Å². The summed E-state index contributed by atoms with van der Waals surface area (Å²) in [6.07, 6.45) is -0.584. The minimum Gasteiger partial charge on any atom is -0.489 e. The summed E-state index contributed by atoms with van der Waals surface area (Å²) in [6.45, 7) is 4.78. The van der Waals surface area contributed by atoms with E-state index in [-0.39, 0.29) is 44.0 Å². The number of aromatic nitrogens is 1. The number of carbonyl (C=O) groups excluding carboxylic acids is 4. The van der Waals surface area contributed by atoms with Crippen LogP contribution in [0.4, 0.5) is 28.0 Å². The lowest BCUT2D eigenvalue weighted by Gasteiger charge is -2.35. The van der Waals surface area contributed by atoms with E-state index in [0.29, 0.717) is 69.2 Å². The van der Waals surface area contributed by atoms with Gasteiger partial charge in [-0.25, -0.2) is 22.6 Å². The number of nitrogens with zero attached hydrogens (tertiary/aromatic N) is 3. The first-order valence-electron chi connectivity index (χ1n) is 21.1. The summed E-state index contributed by atoms with van der Waals surface area (Å²) in [5, 5.41) is 6.47. The summed E-state index contributed by atoms with van der Waals surface area (Å²) in [7, 11) is -2.53. The lowest BCUT2D eigenvalue weighted by molar-refractivity contribution is -0.244. The Morgan fingerprint density at radius 3 is 2.53 bits per heavy atom. The predicted octanol–water partition coefficient (Wildman–Crippen LogP) is 5.07. The molecule has 0 spiro atoms. The third-order valence-corrected chi connectivity index (χ3v) is 15.2. The number of sulfonamides is 1. The van der Waals surface area contributed by atoms with Crippen LogP contribution in [0.2, 0.25) is 0 Å². The van der Waals surface area contributed by atoms with Gasteiger partial charge >= 0.3 is 12.3 Å². The third-order valence-electron chi connectivity index (χ3n) is 13.1. The molecule has 3 aliphatic heterocycles. The van der Waals surface area contributed by atoms with E-state index in [2.05, 4.69) is 15.6 Å². The highest BCUT2D eigenvalue weighted by atomic mass is 32.2. The van der Waals surface area contributed by atoms with Crippen LogP contribution in [0.25, 0.3) is 10.8 Å². The standard InChI is InChI=1S/C42H54F4N6O9S/c1-6-25-19-24(2)9-7-8-10-26-21-41(26,37(55)50-62(57,58)40(23-43)14-15-40)49-34(53)31-20-27(22-52(31)36(54)32(25)48-38(56)61-39(3,4)42(44,45)46)60-35-29-11-12-30-33(28(29)13-16-47-35)59-18-17-51(30)5/h8,10-13,16,24-27,31-32H,6-7,9,14-15,17-23H2,1-5H3,(H,48,56)(H,49,53)(H,50,55)/b10-8-/t24-,25-,26-,27-,31+,32+,41-/m1/s1. The molecule has 15 nitrogen and oxygen atoms in total. The van der Waals surface area contributed by atoms with Crippen molar-refractivity contribution < 1.29 is 59.4 Å². The summed E-state index contributed by atoms with van der Waals surface area (Å²) < 4.78 is 99.6. The molecule has 2 aliphatic carbocycles. The van der Waals surface area contributed by atoms with Crippen molar-refractivity contribution in [1.82, 2.24) is 25.2 Å². The van der Waals surface area contributed by atoms with Crippen molar-refractivity contribution in [1.29, 1.82) is 0 Å². The highest BCUT2D eigenvalue weighted by molar-refractivity contribution is 7.91. The van der Waals surface area contributed by atoms with Crippen molar-refractivity contribution in [2.24, 2.45) is 17.8 Å². The van der Waals surface area contributed by atoms with Crippen LogP contribution in [0.15, 0.2) is 36.5 Å². The Morgan fingerprint density at radius 1 is 1.11 bits per heavy atom. The normalized spacial score (nSPS) is 29.4. The van der Waals surface area contributed by atoms with Gasteiger partial charge < -0.3 is 34.6 Å². The lowest BCUT2D eigenvalue weighted by atomic mass is 9.85. The Kier molecular flexibility index (Phi) is 12.1. The molecular weight excluding hydrogens is 841 g/mol. The van der Waals surface area contributed by atoms with E-state index in [4.69, 9.17) is 14.2 Å². The van der Waals surface area contributed by atoms with Gasteiger partial charge in [0.1, 0.15) is 41.8 Å². The van der Waals surface area contributed by atoms with E-state index in [0.717, 1.165) is 5.69 Å². The molecule has 0 radical (unpaired) electrons. The summed E-state index contributed by atoms with van der Waals surface area (Å²) in [4.78, 5) is 64.6. The SMILES string of the molecule is CC[C@@H]1C[C@H](C)CC/C=C\[C@@H]2C[C@@]2(C(=O)NS(=O)(=O)C2(CF)CC2)NC(=O)[C@@H]2C[C@@H](Oc3nccc4c5c(ccc34)N(C)CCO5)CN2C(=O)[C@H]1NC(=O)OC(C)(C)C(F)(F)F. The van der Waals surface area contributed by atoms with E-state index in [1.54, 1.807) is 19.1 Å². The van der Waals surface area contributed by atoms with Crippen LogP contribution in [0.3, 0.4) is 0 Å². The average molecular weight is 895 g/mol. The second-order valence-corrected chi connectivity index (χ2v) is 20.0. The van der Waals surface area contributed by atoms with E-state index in [1.165, 1.54) is 11.1 Å². The number of carbonyl (C=O) groups is 4. The van der Waals surface area contributed by atoms with Crippen LogP contribution < -0.4 is 29.7 Å². The Morgan fingerprint density at radius 2 is 1.85 bits per heavy atom. The van der Waals surface area contributed by atoms with E-state index < -0.39 is 92.6 Å². The molecule has 1 aromatic heterocycles. The molecule has 2 aromatic rings. The first-order chi connectivity index (χ1) is 29.2. The number of hydrogen-bond donors (Lipinski definition) is 3. The van der Waals surface area contributed by atoms with Crippen molar-refractivity contribution in [3.8, 4) is 11.6 Å². The number of amides is 4. The summed E-state index contributed by atoms with van der Waals surface area (Å²) in [6, 6.07) is 2.62. The maximum absolute atomic E-state index is 15.0. The number of rotatable bonds is 9. The molecule has 3 N–H and O–H groups in total. The molecule has 340 valence electrons. The van der Waals surface area contributed by atoms with Gasteiger partial charge in [0.15, 0.2) is 5.75 Å². The molecule has 0 unspecified atom stereocenters. The number of likely N-dealkylation sites (N-methyl/N-ethyl adjacent to an activating group) is 1. The van der Waals surface area contributed by atoms with Gasteiger partial charge in [-0.15, -0.1) is 0 Å². The van der Waals surface area contributed by atoms with E-state index >= 15 is 0 Å². The number of nitrogens with one attached hydrogen (secondary N) is 3. The number of hydrogen-bond acceptors (Lipinski definition) is 11. The maximum atomic E-state index is 15.0. The molecular formula is C42H54F4N6O9S. The Balaban J connectivity index is 1.24. The van der Waals surface area contributed by atoms with Gasteiger partial charge in [-0.3, -0.25) is 19.1 Å². The number of anilines is 1. The fraction of sp³-hybridized carbons (Fsp3) is 0.643. The zero-order valence-electron chi connectivity index (χ0n) is 35.3. The Labute approximate surface area is 357 Å². The molecule has 4 heterocycles. The van der Waals surface area contributed by atoms with Gasteiger partial charge in [0.25, 0.3) is 5.91 Å². The first kappa shape index (κ1) is 45.2. The molecule has 5 aliphatic rings. The summed E-state index contributed by atoms with van der Waals surface area (Å²) >= 11 is 0. The molecule has 7 atom stereocenters. The number of ether oxygens (including phenoxy) is 3. The highest BCUT2D eigenvalue weighted by Gasteiger charge is 2.64. The van der Waals surface area contributed by atoms with Crippen LogP contribution in [0.1, 0.15) is 79.1 Å². The molecule has 2 saturated carbocycles. The number of alkyl halides is 4. The van der Waals surface area contributed by atoms with Crippen LogP contribution in [-0.2, 0) is 29.1 Å². The van der Waals surface area contributed by atoms with Gasteiger partial charge in [0, 0.05) is 36.4 Å². The number of benzene rings is 1. The second kappa shape index (κ2) is 16.7. The van der Waals surface area contributed by atoms with Gasteiger partial charge in [-0.1, -0.05) is 32.4 Å². The molecule has 1 aromatic carbocycles. The van der Waals surface area contributed by atoms with Crippen LogP contribution in [0.5, 0.6) is 11.6 Å².